The fourth-order valence-electron chi connectivity index (χ4n) is 4.00. The summed E-state index contributed by atoms with van der Waals surface area (Å²) in [7, 11) is -0.265. The van der Waals surface area contributed by atoms with Crippen LogP contribution in [-0.2, 0) is 22.9 Å². The van der Waals surface area contributed by atoms with Crippen molar-refractivity contribution in [1.29, 1.82) is 0 Å². The van der Waals surface area contributed by atoms with Crippen LogP contribution in [0.4, 0.5) is 0 Å². The van der Waals surface area contributed by atoms with Crippen LogP contribution in [0.3, 0.4) is 0 Å². The van der Waals surface area contributed by atoms with Crippen LogP contribution in [-0.4, -0.2) is 32.4 Å². The van der Waals surface area contributed by atoms with Gasteiger partial charge in [-0.15, -0.1) is 0 Å². The molecule has 41 heavy (non-hydrogen) atoms. The van der Waals surface area contributed by atoms with Crippen LogP contribution < -0.4 is 9.47 Å². The van der Waals surface area contributed by atoms with Gasteiger partial charge in [-0.3, -0.25) is 18.4 Å². The van der Waals surface area contributed by atoms with Gasteiger partial charge in [0.2, 0.25) is 0 Å². The van der Waals surface area contributed by atoms with Crippen LogP contribution in [0, 0.1) is 3.82 Å². The molecular formula is C30H33O7PS3. The Morgan fingerprint density at radius 2 is 1.49 bits per heavy atom. The number of esters is 1. The van der Waals surface area contributed by atoms with Gasteiger partial charge in [0.05, 0.1) is 32.3 Å². The second kappa shape index (κ2) is 15.2. The van der Waals surface area contributed by atoms with E-state index in [-0.39, 0.29) is 25.8 Å². The Labute approximate surface area is 253 Å². The number of ether oxygens (including phenoxy) is 2. The molecule has 3 aromatic carbocycles. The maximum Gasteiger partial charge on any atom is 0.474 e. The van der Waals surface area contributed by atoms with Crippen LogP contribution in [0.1, 0.15) is 45.1 Å². The Balaban J connectivity index is 1.27. The molecule has 0 saturated carbocycles. The smallest absolute Gasteiger partial charge is 0.474 e. The molecule has 0 aliphatic heterocycles. The molecular weight excluding hydrogens is 599 g/mol. The average molecular weight is 633 g/mol. The van der Waals surface area contributed by atoms with Gasteiger partial charge in [-0.25, -0.2) is 4.57 Å². The lowest BCUT2D eigenvalue weighted by molar-refractivity contribution is -0.135. The molecule has 0 amide bonds. The maximum absolute atomic E-state index is 12.9. The van der Waals surface area contributed by atoms with E-state index >= 15 is 0 Å². The predicted octanol–water partition coefficient (Wildman–Crippen LogP) is 9.43. The minimum atomic E-state index is -3.47. The molecule has 0 spiro atoms. The van der Waals surface area contributed by atoms with Crippen LogP contribution in [0.2, 0.25) is 0 Å². The lowest BCUT2D eigenvalue weighted by Crippen LogP contribution is -2.16. The van der Waals surface area contributed by atoms with E-state index in [1.54, 1.807) is 34.5 Å². The number of hydrogen-bond donors (Lipinski definition) is 0. The van der Waals surface area contributed by atoms with Crippen LogP contribution in [0.15, 0.2) is 66.7 Å². The van der Waals surface area contributed by atoms with E-state index < -0.39 is 13.7 Å². The SMILES string of the molecule is CCOP(=O)(OCC)OCCCCOc1ccc2cc(C(C)C(=O)Oc3ccc(-c4cc(=S)ss4)cc3)ccc2c1. The number of fused-ring (bicyclic) bond motifs is 1. The summed E-state index contributed by atoms with van der Waals surface area (Å²) < 4.78 is 40.3. The molecule has 0 saturated heterocycles. The number of benzene rings is 3. The van der Waals surface area contributed by atoms with Gasteiger partial charge in [-0.1, -0.05) is 57.2 Å². The molecule has 11 heteroatoms. The number of hydrogen-bond acceptors (Lipinski definition) is 10. The molecule has 0 N–H and O–H groups in total. The van der Waals surface area contributed by atoms with Gasteiger partial charge in [-0.2, -0.15) is 0 Å². The number of carbonyl (C=O) groups excluding carboxylic acids is 1. The Morgan fingerprint density at radius 1 is 0.829 bits per heavy atom. The van der Waals surface area contributed by atoms with E-state index in [0.717, 1.165) is 42.8 Å². The minimum absolute atomic E-state index is 0.259. The van der Waals surface area contributed by atoms with Crippen LogP contribution >= 0.6 is 40.7 Å². The third kappa shape index (κ3) is 9.03. The minimum Gasteiger partial charge on any atom is -0.494 e. The van der Waals surface area contributed by atoms with Gasteiger partial charge in [-0.05, 0) is 98.0 Å². The summed E-state index contributed by atoms with van der Waals surface area (Å²) in [4.78, 5) is 14.0. The standard InChI is InChI=1S/C30H33O7PS3/c1-4-34-38(32,35-5-2)36-17-7-6-16-33-27-15-12-24-18-23(8-9-25(24)19-27)21(3)30(31)37-26-13-10-22(11-14-26)28-20-29(39)41-40-28/h8-15,18-21H,4-7,16-17H2,1-3H3. The largest absolute Gasteiger partial charge is 0.494 e. The van der Waals surface area contributed by atoms with E-state index in [2.05, 4.69) is 0 Å². The fourth-order valence-corrected chi connectivity index (χ4v) is 7.61. The molecule has 0 radical (unpaired) electrons. The Kier molecular flexibility index (Phi) is 11.6. The molecule has 0 fully saturated rings. The highest BCUT2D eigenvalue weighted by Crippen LogP contribution is 2.49. The molecule has 1 atom stereocenters. The molecule has 1 aromatic heterocycles. The molecule has 0 bridgehead atoms. The van der Waals surface area contributed by atoms with E-state index in [4.69, 9.17) is 35.3 Å². The normalized spacial score (nSPS) is 12.4. The Bertz CT molecular complexity index is 1540. The molecule has 7 nitrogen and oxygen atoms in total. The molecule has 4 rings (SSSR count). The summed E-state index contributed by atoms with van der Waals surface area (Å²) in [6.07, 6.45) is 1.38. The van der Waals surface area contributed by atoms with Gasteiger partial charge in [0, 0.05) is 4.88 Å². The summed E-state index contributed by atoms with van der Waals surface area (Å²) in [5, 5.41) is 2.02. The van der Waals surface area contributed by atoms with Gasteiger partial charge in [0.1, 0.15) is 15.3 Å². The number of carbonyl (C=O) groups is 1. The van der Waals surface area contributed by atoms with E-state index in [1.807, 2.05) is 73.7 Å². The van der Waals surface area contributed by atoms with Crippen molar-refractivity contribution in [3.05, 3.63) is 76.1 Å². The van der Waals surface area contributed by atoms with Crippen molar-refractivity contribution in [2.45, 2.75) is 39.5 Å². The maximum atomic E-state index is 12.9. The Hall–Kier alpha value is -2.43. The van der Waals surface area contributed by atoms with Crippen molar-refractivity contribution >= 4 is 57.5 Å². The fraction of sp³-hybridized carbons (Fsp3) is 0.333. The highest BCUT2D eigenvalue weighted by Gasteiger charge is 2.24. The monoisotopic (exact) mass is 632 g/mol. The van der Waals surface area contributed by atoms with Gasteiger partial charge in [0.15, 0.2) is 0 Å². The quantitative estimate of drug-likeness (QED) is 0.0320. The van der Waals surface area contributed by atoms with Crippen molar-refractivity contribution in [2.75, 3.05) is 26.4 Å². The first-order valence-corrected chi connectivity index (χ1v) is 17.4. The summed E-state index contributed by atoms with van der Waals surface area (Å²) in [5.74, 6) is 0.519. The second-order valence-corrected chi connectivity index (χ2v) is 13.7. The van der Waals surface area contributed by atoms with Gasteiger partial charge < -0.3 is 9.47 Å². The lowest BCUT2D eigenvalue weighted by atomic mass is 9.98. The number of phosphoric ester groups is 1. The van der Waals surface area contributed by atoms with Crippen molar-refractivity contribution in [3.63, 3.8) is 0 Å². The molecule has 218 valence electrons. The summed E-state index contributed by atoms with van der Waals surface area (Å²) in [6, 6.07) is 21.3. The summed E-state index contributed by atoms with van der Waals surface area (Å²) in [5.41, 5.74) is 1.93. The number of unbranched alkanes of at least 4 members (excludes halogenated alkanes) is 1. The third-order valence-electron chi connectivity index (χ3n) is 6.14. The van der Waals surface area contributed by atoms with Crippen LogP contribution in [0.25, 0.3) is 21.2 Å². The zero-order valence-corrected chi connectivity index (χ0v) is 26.5. The zero-order chi connectivity index (χ0) is 29.2. The van der Waals surface area contributed by atoms with E-state index in [1.165, 1.54) is 0 Å². The highest BCUT2D eigenvalue weighted by atomic mass is 32.9. The van der Waals surface area contributed by atoms with E-state index in [9.17, 15) is 9.36 Å². The van der Waals surface area contributed by atoms with Crippen molar-refractivity contribution in [1.82, 2.24) is 0 Å². The van der Waals surface area contributed by atoms with Gasteiger partial charge in [0.25, 0.3) is 0 Å². The van der Waals surface area contributed by atoms with Crippen molar-refractivity contribution in [3.8, 4) is 21.9 Å². The first-order chi connectivity index (χ1) is 19.8. The van der Waals surface area contributed by atoms with Crippen molar-refractivity contribution < 1.29 is 32.4 Å². The number of phosphoric acid groups is 1. The molecule has 1 unspecified atom stereocenters. The summed E-state index contributed by atoms with van der Waals surface area (Å²) >= 11 is 5.21. The van der Waals surface area contributed by atoms with E-state index in [0.29, 0.717) is 18.8 Å². The first-order valence-electron chi connectivity index (χ1n) is 13.4. The van der Waals surface area contributed by atoms with Crippen molar-refractivity contribution in [2.24, 2.45) is 0 Å². The zero-order valence-electron chi connectivity index (χ0n) is 23.2. The predicted molar refractivity (Wildman–Crippen MR) is 168 cm³/mol. The van der Waals surface area contributed by atoms with Crippen LogP contribution in [0.5, 0.6) is 11.5 Å². The average Bonchev–Trinajstić information content (AvgIpc) is 3.41. The first kappa shape index (κ1) is 31.5. The molecule has 4 aromatic rings. The third-order valence-corrected chi connectivity index (χ3v) is 10.7. The lowest BCUT2D eigenvalue weighted by Gasteiger charge is -2.16. The molecule has 0 aliphatic rings. The molecule has 0 aliphatic carbocycles. The summed E-state index contributed by atoms with van der Waals surface area (Å²) in [6.45, 7) is 6.61. The van der Waals surface area contributed by atoms with Gasteiger partial charge >= 0.3 is 13.8 Å². The second-order valence-electron chi connectivity index (χ2n) is 9.10. The Morgan fingerprint density at radius 3 is 2.17 bits per heavy atom. The number of rotatable bonds is 15. The topological polar surface area (TPSA) is 80.3 Å². The highest BCUT2D eigenvalue weighted by molar-refractivity contribution is 7.80. The molecule has 1 heterocycles.